The highest BCUT2D eigenvalue weighted by Crippen LogP contribution is 2.08. The van der Waals surface area contributed by atoms with Gasteiger partial charge in [0.2, 0.25) is 5.71 Å². The lowest BCUT2D eigenvalue weighted by atomic mass is 9.99. The van der Waals surface area contributed by atoms with Gasteiger partial charge >= 0.3 is 5.71 Å². The summed E-state index contributed by atoms with van der Waals surface area (Å²) >= 11 is 0. The van der Waals surface area contributed by atoms with Crippen molar-refractivity contribution in [2.24, 2.45) is 5.16 Å². The first-order valence-electron chi connectivity index (χ1n) is 6.26. The number of oxime groups is 1. The fourth-order valence-corrected chi connectivity index (χ4v) is 1.85. The second-order valence-electron chi connectivity index (χ2n) is 4.13. The first kappa shape index (κ1) is 14.4. The van der Waals surface area contributed by atoms with Crippen LogP contribution in [0.5, 0.6) is 0 Å². The summed E-state index contributed by atoms with van der Waals surface area (Å²) in [6.07, 6.45) is 0. The van der Waals surface area contributed by atoms with Crippen LogP contribution in [0.1, 0.15) is 15.9 Å². The van der Waals surface area contributed by atoms with E-state index in [0.29, 0.717) is 11.1 Å². The van der Waals surface area contributed by atoms with Gasteiger partial charge in [-0.25, -0.2) is 0 Å². The Balaban J connectivity index is 2.46. The summed E-state index contributed by atoms with van der Waals surface area (Å²) in [6, 6.07) is 17.5. The largest absolute Gasteiger partial charge is 0.398 e. The van der Waals surface area contributed by atoms with Gasteiger partial charge in [0.05, 0.1) is 0 Å². The van der Waals surface area contributed by atoms with Crippen molar-refractivity contribution in [1.29, 1.82) is 0 Å². The summed E-state index contributed by atoms with van der Waals surface area (Å²) in [7, 11) is 1.37. The Morgan fingerprint density at radius 3 is 2.00 bits per heavy atom. The predicted molar refractivity (Wildman–Crippen MR) is 79.4 cm³/mol. The van der Waals surface area contributed by atoms with E-state index in [1.54, 1.807) is 54.6 Å². The smallest absolute Gasteiger partial charge is 0.392 e. The number of hydrogen-bond donors (Lipinski definition) is 0. The fourth-order valence-electron chi connectivity index (χ4n) is 1.85. The summed E-state index contributed by atoms with van der Waals surface area (Å²) in [4.78, 5) is 20.3. The molecule has 0 radical (unpaired) electrons. The molecule has 0 saturated carbocycles. The fraction of sp³-hybridized carbons (Fsp3) is 0.0625. The average Bonchev–Trinajstić information content (AvgIpc) is 2.56. The van der Waals surface area contributed by atoms with Gasteiger partial charge in [0.1, 0.15) is 7.11 Å². The van der Waals surface area contributed by atoms with E-state index in [1.165, 1.54) is 7.11 Å². The number of rotatable bonds is 5. The normalized spacial score (nSPS) is 10.6. The third-order valence-electron chi connectivity index (χ3n) is 2.81. The van der Waals surface area contributed by atoms with Crippen LogP contribution >= 0.6 is 0 Å². The highest BCUT2D eigenvalue weighted by molar-refractivity contribution is 6.71. The molecule has 2 rings (SSSR count). The Morgan fingerprint density at radius 2 is 1.52 bits per heavy atom. The van der Waals surface area contributed by atoms with E-state index in [9.17, 15) is 10.3 Å². The van der Waals surface area contributed by atoms with Crippen LogP contribution in [0.3, 0.4) is 0 Å². The molecule has 0 saturated heterocycles. The summed E-state index contributed by atoms with van der Waals surface area (Å²) in [5.74, 6) is -0.433. The predicted octanol–water partition coefficient (Wildman–Crippen LogP) is 2.59. The lowest BCUT2D eigenvalue weighted by Crippen LogP contribution is -2.26. The molecule has 21 heavy (non-hydrogen) atoms. The number of nitrogens with zero attached hydrogens (tertiary/aromatic N) is 3. The lowest BCUT2D eigenvalue weighted by molar-refractivity contribution is -0.00292. The molecule has 0 N–H and O–H groups in total. The molecule has 5 heteroatoms. The maximum atomic E-state index is 12.4. The number of ketones is 1. The third kappa shape index (κ3) is 3.29. The van der Waals surface area contributed by atoms with Crippen molar-refractivity contribution in [2.45, 2.75) is 0 Å². The Bertz CT molecular complexity index is 703. The van der Waals surface area contributed by atoms with Gasteiger partial charge in [0, 0.05) is 11.1 Å². The van der Waals surface area contributed by atoms with Gasteiger partial charge in [-0.15, -0.1) is 0 Å². The molecule has 0 unspecified atom stereocenters. The second kappa shape index (κ2) is 6.93. The van der Waals surface area contributed by atoms with E-state index in [2.05, 4.69) is 9.95 Å². The van der Waals surface area contributed by atoms with E-state index < -0.39 is 5.78 Å². The minimum atomic E-state index is -0.433. The average molecular weight is 279 g/mol. The number of carbonyl (C=O) groups is 1. The third-order valence-corrected chi connectivity index (χ3v) is 2.81. The molecular weight excluding hydrogens is 266 g/mol. The van der Waals surface area contributed by atoms with Gasteiger partial charge in [-0.2, -0.15) is 4.79 Å². The first-order valence-corrected chi connectivity index (χ1v) is 6.26. The van der Waals surface area contributed by atoms with Crippen molar-refractivity contribution in [2.75, 3.05) is 7.11 Å². The molecule has 0 spiro atoms. The van der Waals surface area contributed by atoms with Gasteiger partial charge in [-0.1, -0.05) is 65.8 Å². The van der Waals surface area contributed by atoms with Crippen LogP contribution in [0, 0.1) is 0 Å². The summed E-state index contributed by atoms with van der Waals surface area (Å²) in [5, 5.41) is 3.82. The molecule has 0 atom stereocenters. The van der Waals surface area contributed by atoms with E-state index in [1.807, 2.05) is 6.07 Å². The highest BCUT2D eigenvalue weighted by atomic mass is 16.6. The number of hydrogen-bond acceptors (Lipinski definition) is 3. The van der Waals surface area contributed by atoms with Crippen molar-refractivity contribution < 1.29 is 14.4 Å². The van der Waals surface area contributed by atoms with Gasteiger partial charge < -0.3 is 10.4 Å². The maximum Gasteiger partial charge on any atom is 0.392 e. The van der Waals surface area contributed by atoms with E-state index in [4.69, 9.17) is 4.84 Å². The molecule has 0 aliphatic carbocycles. The number of benzene rings is 2. The molecule has 0 bridgehead atoms. The van der Waals surface area contributed by atoms with Crippen molar-refractivity contribution in [3.8, 4) is 0 Å². The zero-order valence-corrected chi connectivity index (χ0v) is 11.4. The van der Waals surface area contributed by atoms with Crippen molar-refractivity contribution in [1.82, 2.24) is 0 Å². The molecule has 0 amide bonds. The summed E-state index contributed by atoms with van der Waals surface area (Å²) < 4.78 is 0. The highest BCUT2D eigenvalue weighted by Gasteiger charge is 2.30. The minimum Gasteiger partial charge on any atom is -0.398 e. The minimum absolute atomic E-state index is 0.172. The Hall–Kier alpha value is -3.04. The topological polar surface area (TPSA) is 75.1 Å². The van der Waals surface area contributed by atoms with Gasteiger partial charge in [0.15, 0.2) is 0 Å². The van der Waals surface area contributed by atoms with Crippen molar-refractivity contribution in [3.63, 3.8) is 0 Å². The van der Waals surface area contributed by atoms with E-state index in [0.717, 1.165) is 0 Å². The number of carbonyl (C=O) groups excluding carboxylic acids is 1. The van der Waals surface area contributed by atoms with Crippen LogP contribution in [-0.2, 0) is 4.84 Å². The summed E-state index contributed by atoms with van der Waals surface area (Å²) in [6.45, 7) is 0. The van der Waals surface area contributed by atoms with Crippen LogP contribution in [0.15, 0.2) is 65.8 Å². The Morgan fingerprint density at radius 1 is 1.00 bits per heavy atom. The quantitative estimate of drug-likeness (QED) is 0.277. The summed E-state index contributed by atoms with van der Waals surface area (Å²) in [5.41, 5.74) is 10.3. The van der Waals surface area contributed by atoms with Crippen LogP contribution < -0.4 is 0 Å². The standard InChI is InChI=1S/C16H13N3O2/c1-21-19-14(12-8-4-2-5-9-12)15(18-17)16(20)13-10-6-3-7-11-13/h2-11H,1H3/b19-14-. The maximum absolute atomic E-state index is 12.4. The van der Waals surface area contributed by atoms with Gasteiger partial charge in [0.25, 0.3) is 5.78 Å². The molecule has 0 aromatic heterocycles. The Kier molecular flexibility index (Phi) is 4.75. The van der Waals surface area contributed by atoms with Crippen LogP contribution in [0.25, 0.3) is 5.53 Å². The molecule has 0 heterocycles. The first-order chi connectivity index (χ1) is 10.3. The zero-order chi connectivity index (χ0) is 15.1. The monoisotopic (exact) mass is 279 g/mol. The second-order valence-corrected chi connectivity index (χ2v) is 4.13. The molecule has 0 aliphatic heterocycles. The van der Waals surface area contributed by atoms with E-state index >= 15 is 0 Å². The Labute approximate surface area is 122 Å². The van der Waals surface area contributed by atoms with E-state index in [-0.39, 0.29) is 11.4 Å². The van der Waals surface area contributed by atoms with Crippen molar-refractivity contribution >= 4 is 17.2 Å². The molecular formula is C16H13N3O2. The van der Waals surface area contributed by atoms with Gasteiger partial charge in [-0.05, 0) is 0 Å². The lowest BCUT2D eigenvalue weighted by Gasteiger charge is -2.01. The van der Waals surface area contributed by atoms with Crippen LogP contribution in [-0.4, -0.2) is 29.1 Å². The zero-order valence-electron chi connectivity index (χ0n) is 11.4. The molecule has 0 aliphatic rings. The van der Waals surface area contributed by atoms with Crippen molar-refractivity contribution in [3.05, 3.63) is 77.3 Å². The molecule has 104 valence electrons. The molecule has 2 aromatic carbocycles. The van der Waals surface area contributed by atoms with Gasteiger partial charge in [-0.3, -0.25) is 4.79 Å². The molecule has 0 fully saturated rings. The molecule has 2 aromatic rings. The van der Waals surface area contributed by atoms with Crippen LogP contribution in [0.2, 0.25) is 0 Å². The molecule has 5 nitrogen and oxygen atoms in total. The van der Waals surface area contributed by atoms with Crippen LogP contribution in [0.4, 0.5) is 0 Å². The number of Topliss-reactive ketones (excluding diaryl/α,β-unsaturated/α-hetero) is 1. The SMILES string of the molecule is CO/N=C(\C(=[N+]=[N-])C(=O)c1ccccc1)c1ccccc1.